The summed E-state index contributed by atoms with van der Waals surface area (Å²) in [6, 6.07) is 3.73. The molecule has 82 valence electrons. The van der Waals surface area contributed by atoms with Crippen LogP contribution in [0.5, 0.6) is 11.5 Å². The third-order valence-corrected chi connectivity index (χ3v) is 2.88. The van der Waals surface area contributed by atoms with Gasteiger partial charge in [0.05, 0.1) is 5.56 Å². The van der Waals surface area contributed by atoms with E-state index in [2.05, 4.69) is 15.9 Å². The summed E-state index contributed by atoms with van der Waals surface area (Å²) in [5.74, 6) is 1.39. The molecule has 0 spiro atoms. The molecule has 1 aliphatic heterocycles. The van der Waals surface area contributed by atoms with Gasteiger partial charge in [0.15, 0.2) is 17.8 Å². The first kappa shape index (κ1) is 10.7. The molecule has 0 aliphatic carbocycles. The summed E-state index contributed by atoms with van der Waals surface area (Å²) in [5, 5.41) is 0. The second-order valence-corrected chi connectivity index (χ2v) is 3.85. The van der Waals surface area contributed by atoms with E-state index >= 15 is 0 Å². The van der Waals surface area contributed by atoms with Crippen molar-refractivity contribution in [2.24, 2.45) is 0 Å². The predicted octanol–water partition coefficient (Wildman–Crippen LogP) is 2.47. The predicted molar refractivity (Wildman–Crippen MR) is 57.0 cm³/mol. The van der Waals surface area contributed by atoms with Crippen molar-refractivity contribution < 1.29 is 18.9 Å². The number of ether oxygens (including phenoxy) is 4. The minimum atomic E-state index is -0.462. The van der Waals surface area contributed by atoms with Crippen molar-refractivity contribution in [3.8, 4) is 11.5 Å². The van der Waals surface area contributed by atoms with E-state index in [1.54, 1.807) is 14.2 Å². The number of hydrogen-bond acceptors (Lipinski definition) is 4. The van der Waals surface area contributed by atoms with Gasteiger partial charge in [-0.2, -0.15) is 0 Å². The monoisotopic (exact) mass is 274 g/mol. The zero-order valence-electron chi connectivity index (χ0n) is 8.45. The summed E-state index contributed by atoms with van der Waals surface area (Å²) in [4.78, 5) is 0. The fourth-order valence-corrected chi connectivity index (χ4v) is 2.02. The van der Waals surface area contributed by atoms with Crippen LogP contribution in [0, 0.1) is 0 Å². The molecule has 0 saturated heterocycles. The third-order valence-electron chi connectivity index (χ3n) is 2.19. The number of fused-ring (bicyclic) bond motifs is 1. The zero-order chi connectivity index (χ0) is 10.8. The summed E-state index contributed by atoms with van der Waals surface area (Å²) >= 11 is 3.44. The maximum Gasteiger partial charge on any atom is 0.231 e. The molecule has 1 aliphatic rings. The Kier molecular flexibility index (Phi) is 3.14. The smallest absolute Gasteiger partial charge is 0.231 e. The topological polar surface area (TPSA) is 36.9 Å². The van der Waals surface area contributed by atoms with Crippen molar-refractivity contribution in [3.63, 3.8) is 0 Å². The molecule has 0 amide bonds. The Bertz CT molecular complexity index is 363. The number of halogens is 1. The average Bonchev–Trinajstić information content (AvgIpc) is 2.70. The highest BCUT2D eigenvalue weighted by molar-refractivity contribution is 9.10. The van der Waals surface area contributed by atoms with E-state index in [0.29, 0.717) is 11.5 Å². The minimum Gasteiger partial charge on any atom is -0.454 e. The summed E-state index contributed by atoms with van der Waals surface area (Å²) in [5.41, 5.74) is 0.815. The minimum absolute atomic E-state index is 0.235. The maximum atomic E-state index is 5.38. The fourth-order valence-electron chi connectivity index (χ4n) is 1.52. The van der Waals surface area contributed by atoms with Crippen LogP contribution in [-0.2, 0) is 9.47 Å². The van der Waals surface area contributed by atoms with E-state index in [0.717, 1.165) is 10.0 Å². The van der Waals surface area contributed by atoms with Gasteiger partial charge in [0.25, 0.3) is 0 Å². The molecular formula is C10H11BrO4. The first-order valence-corrected chi connectivity index (χ1v) is 5.20. The zero-order valence-corrected chi connectivity index (χ0v) is 10.0. The molecule has 1 aromatic carbocycles. The quantitative estimate of drug-likeness (QED) is 0.794. The van der Waals surface area contributed by atoms with Gasteiger partial charge in [-0.1, -0.05) is 15.9 Å². The van der Waals surface area contributed by atoms with Crippen LogP contribution < -0.4 is 9.47 Å². The average molecular weight is 275 g/mol. The van der Waals surface area contributed by atoms with E-state index in [-0.39, 0.29) is 6.79 Å². The van der Waals surface area contributed by atoms with Crippen molar-refractivity contribution in [2.75, 3.05) is 21.0 Å². The van der Waals surface area contributed by atoms with E-state index in [1.165, 1.54) is 0 Å². The maximum absolute atomic E-state index is 5.38. The molecule has 4 nitrogen and oxygen atoms in total. The first-order chi connectivity index (χ1) is 7.27. The van der Waals surface area contributed by atoms with Crippen molar-refractivity contribution in [3.05, 3.63) is 22.2 Å². The lowest BCUT2D eigenvalue weighted by molar-refractivity contribution is -0.107. The lowest BCUT2D eigenvalue weighted by Crippen LogP contribution is -2.06. The molecule has 0 unspecified atom stereocenters. The van der Waals surface area contributed by atoms with Crippen LogP contribution >= 0.6 is 15.9 Å². The van der Waals surface area contributed by atoms with Crippen LogP contribution in [0.25, 0.3) is 0 Å². The van der Waals surface area contributed by atoms with Crippen molar-refractivity contribution in [1.82, 2.24) is 0 Å². The van der Waals surface area contributed by atoms with E-state index in [9.17, 15) is 0 Å². The highest BCUT2D eigenvalue weighted by atomic mass is 79.9. The van der Waals surface area contributed by atoms with E-state index in [4.69, 9.17) is 18.9 Å². The molecule has 15 heavy (non-hydrogen) atoms. The van der Waals surface area contributed by atoms with Gasteiger partial charge < -0.3 is 18.9 Å². The van der Waals surface area contributed by atoms with Crippen LogP contribution in [0.15, 0.2) is 16.6 Å². The fraction of sp³-hybridized carbons (Fsp3) is 0.400. The van der Waals surface area contributed by atoms with Crippen LogP contribution in [0.3, 0.4) is 0 Å². The lowest BCUT2D eigenvalue weighted by atomic mass is 10.2. The summed E-state index contributed by atoms with van der Waals surface area (Å²) in [6.45, 7) is 0.235. The Morgan fingerprint density at radius 3 is 2.67 bits per heavy atom. The molecule has 0 aromatic heterocycles. The Labute approximate surface area is 96.2 Å². The summed E-state index contributed by atoms with van der Waals surface area (Å²) < 4.78 is 21.9. The SMILES string of the molecule is COC(OC)c1c(Br)ccc2c1OCO2. The standard InChI is InChI=1S/C10H11BrO4/c1-12-10(13-2)8-6(11)3-4-7-9(8)15-5-14-7/h3-4,10H,5H2,1-2H3. The van der Waals surface area contributed by atoms with Gasteiger partial charge in [-0.15, -0.1) is 0 Å². The van der Waals surface area contributed by atoms with Crippen LogP contribution in [-0.4, -0.2) is 21.0 Å². The second-order valence-electron chi connectivity index (χ2n) is 3.00. The highest BCUT2D eigenvalue weighted by Crippen LogP contribution is 2.43. The number of methoxy groups -OCH3 is 2. The molecule has 1 aromatic rings. The van der Waals surface area contributed by atoms with Crippen LogP contribution in [0.1, 0.15) is 11.9 Å². The molecular weight excluding hydrogens is 264 g/mol. The molecule has 0 radical (unpaired) electrons. The van der Waals surface area contributed by atoms with Gasteiger partial charge >= 0.3 is 0 Å². The lowest BCUT2D eigenvalue weighted by Gasteiger charge is -2.17. The summed E-state index contributed by atoms with van der Waals surface area (Å²) in [7, 11) is 3.16. The molecule has 0 N–H and O–H groups in total. The van der Waals surface area contributed by atoms with Crippen molar-refractivity contribution >= 4 is 15.9 Å². The normalized spacial score (nSPS) is 13.6. The Hall–Kier alpha value is -0.780. The Morgan fingerprint density at radius 1 is 1.27 bits per heavy atom. The molecule has 0 fully saturated rings. The second kappa shape index (κ2) is 4.38. The van der Waals surface area contributed by atoms with Crippen LogP contribution in [0.4, 0.5) is 0 Å². The first-order valence-electron chi connectivity index (χ1n) is 4.41. The number of benzene rings is 1. The molecule has 0 atom stereocenters. The molecule has 0 saturated carbocycles. The number of rotatable bonds is 3. The van der Waals surface area contributed by atoms with Crippen molar-refractivity contribution in [1.29, 1.82) is 0 Å². The van der Waals surface area contributed by atoms with Gasteiger partial charge in [-0.3, -0.25) is 0 Å². The molecule has 0 bridgehead atoms. The molecule has 2 rings (SSSR count). The molecule has 5 heteroatoms. The van der Waals surface area contributed by atoms with Crippen molar-refractivity contribution in [2.45, 2.75) is 6.29 Å². The Balaban J connectivity index is 2.49. The number of hydrogen-bond donors (Lipinski definition) is 0. The highest BCUT2D eigenvalue weighted by Gasteiger charge is 2.25. The van der Waals surface area contributed by atoms with E-state index in [1.807, 2.05) is 12.1 Å². The van der Waals surface area contributed by atoms with Gasteiger partial charge in [-0.05, 0) is 12.1 Å². The van der Waals surface area contributed by atoms with Crippen LogP contribution in [0.2, 0.25) is 0 Å². The summed E-state index contributed by atoms with van der Waals surface area (Å²) in [6.07, 6.45) is -0.462. The van der Waals surface area contributed by atoms with Gasteiger partial charge in [0, 0.05) is 18.7 Å². The molecule has 1 heterocycles. The Morgan fingerprint density at radius 2 is 2.00 bits per heavy atom. The van der Waals surface area contributed by atoms with Gasteiger partial charge in [0.1, 0.15) is 0 Å². The largest absolute Gasteiger partial charge is 0.454 e. The third kappa shape index (κ3) is 1.82. The van der Waals surface area contributed by atoms with E-state index < -0.39 is 6.29 Å². The van der Waals surface area contributed by atoms with Gasteiger partial charge in [0.2, 0.25) is 6.79 Å². The van der Waals surface area contributed by atoms with Gasteiger partial charge in [-0.25, -0.2) is 0 Å².